The molecule has 39 heavy (non-hydrogen) atoms. The second-order valence-corrected chi connectivity index (χ2v) is 10.4. The molecule has 0 amide bonds. The number of pyridine rings is 3. The summed E-state index contributed by atoms with van der Waals surface area (Å²) in [6.07, 6.45) is 4.08. The second kappa shape index (κ2) is 9.26. The van der Waals surface area contributed by atoms with E-state index in [1.807, 2.05) is 23.9 Å². The second-order valence-electron chi connectivity index (χ2n) is 10.4. The number of nitrogens with zero attached hydrogens (tertiary/aromatic N) is 5. The van der Waals surface area contributed by atoms with E-state index in [9.17, 15) is 9.18 Å². The van der Waals surface area contributed by atoms with E-state index in [1.165, 1.54) is 6.07 Å². The molecule has 1 aliphatic heterocycles. The summed E-state index contributed by atoms with van der Waals surface area (Å²) in [6.45, 7) is 0.636. The van der Waals surface area contributed by atoms with E-state index in [0.717, 1.165) is 6.07 Å². The maximum atomic E-state index is 15.6. The van der Waals surface area contributed by atoms with Crippen molar-refractivity contribution in [1.82, 2.24) is 24.4 Å². The molecule has 0 bridgehead atoms. The first kappa shape index (κ1) is 25.2. The molecule has 8 nitrogen and oxygen atoms in total. The molecule has 0 unspecified atom stereocenters. The molecule has 1 aromatic carbocycles. The third kappa shape index (κ3) is 3.99. The van der Waals surface area contributed by atoms with E-state index in [0.29, 0.717) is 63.1 Å². The van der Waals surface area contributed by atoms with Crippen molar-refractivity contribution in [3.8, 4) is 11.1 Å². The number of benzene rings is 1. The molecular weight excluding hydrogens is 507 g/mol. The predicted molar refractivity (Wildman–Crippen MR) is 148 cm³/mol. The van der Waals surface area contributed by atoms with Gasteiger partial charge < -0.3 is 24.7 Å². The fourth-order valence-electron chi connectivity index (χ4n) is 5.78. The predicted octanol–water partition coefficient (Wildman–Crippen LogP) is 4.43. The van der Waals surface area contributed by atoms with Crippen molar-refractivity contribution in [2.24, 2.45) is 7.05 Å². The summed E-state index contributed by atoms with van der Waals surface area (Å²) in [7, 11) is 7.25. The van der Waals surface area contributed by atoms with E-state index >= 15 is 8.78 Å². The van der Waals surface area contributed by atoms with Gasteiger partial charge in [-0.05, 0) is 20.2 Å². The number of likely N-dealkylation sites (N-methyl/N-ethyl adjacent to an activating group) is 1. The van der Waals surface area contributed by atoms with Gasteiger partial charge in [-0.1, -0.05) is 0 Å². The number of aromatic nitrogens is 4. The largest absolute Gasteiger partial charge is 0.386 e. The number of alkyl halides is 1. The van der Waals surface area contributed by atoms with Crippen molar-refractivity contribution in [3.05, 3.63) is 58.6 Å². The molecule has 2 N–H and O–H groups in total. The standard InChI is InChI=1S/C28H28F3N7O/c1-32-20-9-19(30)24(31)22-23-26(38-12-15(29)8-16(38)13-36(2)3)18(11-33-27(23)35-25(20)22)14-7-17-21(39)5-6-37(4)28(17)34-10-14/h5-7,9-11,15-16,32H,8,12-13H2,1-4H3,(H,33,35)/t15-,16-/m0/s1. The van der Waals surface area contributed by atoms with Crippen LogP contribution in [0, 0.1) is 11.6 Å². The van der Waals surface area contributed by atoms with E-state index in [2.05, 4.69) is 20.3 Å². The Morgan fingerprint density at radius 2 is 1.97 bits per heavy atom. The Bertz CT molecular complexity index is 1810. The molecule has 5 heterocycles. The summed E-state index contributed by atoms with van der Waals surface area (Å²) in [4.78, 5) is 28.9. The molecule has 1 fully saturated rings. The Morgan fingerprint density at radius 3 is 2.72 bits per heavy atom. The van der Waals surface area contributed by atoms with Gasteiger partial charge in [0.1, 0.15) is 17.5 Å². The monoisotopic (exact) mass is 535 g/mol. The first-order valence-electron chi connectivity index (χ1n) is 12.7. The van der Waals surface area contributed by atoms with Crippen molar-refractivity contribution in [2.75, 3.05) is 44.4 Å². The number of aromatic amines is 1. The Labute approximate surface area is 222 Å². The van der Waals surface area contributed by atoms with Crippen molar-refractivity contribution in [3.63, 3.8) is 0 Å². The number of aryl methyl sites for hydroxylation is 1. The van der Waals surface area contributed by atoms with E-state index < -0.39 is 17.8 Å². The average molecular weight is 536 g/mol. The molecule has 6 rings (SSSR count). The Hall–Kier alpha value is -4.12. The zero-order valence-electron chi connectivity index (χ0n) is 22.0. The molecule has 0 saturated carbocycles. The van der Waals surface area contributed by atoms with Crippen LogP contribution in [0.2, 0.25) is 0 Å². The molecule has 1 aliphatic rings. The lowest BCUT2D eigenvalue weighted by Gasteiger charge is -2.31. The quantitative estimate of drug-likeness (QED) is 0.347. The van der Waals surface area contributed by atoms with Crippen LogP contribution >= 0.6 is 0 Å². The highest BCUT2D eigenvalue weighted by Gasteiger charge is 2.36. The summed E-state index contributed by atoms with van der Waals surface area (Å²) >= 11 is 0. The maximum Gasteiger partial charge on any atom is 0.191 e. The zero-order chi connectivity index (χ0) is 27.6. The number of fused-ring (bicyclic) bond motifs is 4. The van der Waals surface area contributed by atoms with Crippen LogP contribution in [0.1, 0.15) is 6.42 Å². The van der Waals surface area contributed by atoms with Crippen LogP contribution in [0.3, 0.4) is 0 Å². The lowest BCUT2D eigenvalue weighted by molar-refractivity contribution is 0.330. The first-order chi connectivity index (χ1) is 18.7. The van der Waals surface area contributed by atoms with Gasteiger partial charge in [-0.25, -0.2) is 23.1 Å². The molecule has 0 aliphatic carbocycles. The topological polar surface area (TPSA) is 82.1 Å². The minimum Gasteiger partial charge on any atom is -0.386 e. The lowest BCUT2D eigenvalue weighted by Crippen LogP contribution is -2.38. The fourth-order valence-corrected chi connectivity index (χ4v) is 5.78. The number of H-pyrrole nitrogens is 1. The highest BCUT2D eigenvalue weighted by molar-refractivity contribution is 6.18. The maximum absolute atomic E-state index is 15.6. The van der Waals surface area contributed by atoms with Crippen LogP contribution in [0.15, 0.2) is 41.6 Å². The lowest BCUT2D eigenvalue weighted by atomic mass is 10.0. The highest BCUT2D eigenvalue weighted by atomic mass is 19.2. The molecule has 4 aromatic heterocycles. The van der Waals surface area contributed by atoms with Gasteiger partial charge in [0.25, 0.3) is 0 Å². The van der Waals surface area contributed by atoms with E-state index in [4.69, 9.17) is 0 Å². The van der Waals surface area contributed by atoms with Crippen LogP contribution in [-0.2, 0) is 7.05 Å². The molecule has 0 radical (unpaired) electrons. The van der Waals surface area contributed by atoms with Crippen molar-refractivity contribution in [2.45, 2.75) is 18.6 Å². The molecule has 11 heteroatoms. The third-order valence-electron chi connectivity index (χ3n) is 7.49. The van der Waals surface area contributed by atoms with Gasteiger partial charge in [-0.2, -0.15) is 0 Å². The third-order valence-corrected chi connectivity index (χ3v) is 7.49. The molecule has 5 aromatic rings. The van der Waals surface area contributed by atoms with E-state index in [1.54, 1.807) is 43.3 Å². The van der Waals surface area contributed by atoms with Crippen LogP contribution < -0.4 is 15.6 Å². The number of rotatable bonds is 5. The highest BCUT2D eigenvalue weighted by Crippen LogP contribution is 2.45. The van der Waals surface area contributed by atoms with Gasteiger partial charge in [-0.15, -0.1) is 0 Å². The summed E-state index contributed by atoms with van der Waals surface area (Å²) in [5.41, 5.74) is 3.05. The summed E-state index contributed by atoms with van der Waals surface area (Å²) in [5, 5.41) is 3.72. The molecule has 2 atom stereocenters. The number of nitrogens with one attached hydrogen (secondary N) is 2. The van der Waals surface area contributed by atoms with Crippen molar-refractivity contribution in [1.29, 1.82) is 0 Å². The van der Waals surface area contributed by atoms with Gasteiger partial charge >= 0.3 is 0 Å². The van der Waals surface area contributed by atoms with Crippen LogP contribution in [0.5, 0.6) is 0 Å². The normalized spacial score (nSPS) is 17.8. The zero-order valence-corrected chi connectivity index (χ0v) is 22.0. The summed E-state index contributed by atoms with van der Waals surface area (Å²) in [6, 6.07) is 4.06. The molecular formula is C28H28F3N7O. The van der Waals surface area contributed by atoms with E-state index in [-0.39, 0.29) is 23.4 Å². The van der Waals surface area contributed by atoms with Gasteiger partial charge in [0.15, 0.2) is 17.1 Å². The van der Waals surface area contributed by atoms with Gasteiger partial charge in [0.05, 0.1) is 33.1 Å². The Balaban J connectivity index is 1.73. The van der Waals surface area contributed by atoms with Crippen molar-refractivity contribution < 1.29 is 13.2 Å². The van der Waals surface area contributed by atoms with Crippen LogP contribution in [-0.4, -0.2) is 70.9 Å². The fraction of sp³-hybridized carbons (Fsp3) is 0.321. The minimum atomic E-state index is -1.10. The number of hydrogen-bond acceptors (Lipinski definition) is 6. The molecule has 1 saturated heterocycles. The van der Waals surface area contributed by atoms with Crippen LogP contribution in [0.4, 0.5) is 24.5 Å². The molecule has 0 spiro atoms. The van der Waals surface area contributed by atoms with Crippen molar-refractivity contribution >= 4 is 44.3 Å². The number of hydrogen-bond donors (Lipinski definition) is 2. The van der Waals surface area contributed by atoms with Gasteiger partial charge in [-0.3, -0.25) is 4.79 Å². The van der Waals surface area contributed by atoms with Gasteiger partial charge in [0, 0.05) is 81.5 Å². The molecule has 202 valence electrons. The number of halogens is 3. The summed E-state index contributed by atoms with van der Waals surface area (Å²) in [5.74, 6) is -2.02. The number of anilines is 2. The Morgan fingerprint density at radius 1 is 1.18 bits per heavy atom. The summed E-state index contributed by atoms with van der Waals surface area (Å²) < 4.78 is 47.2. The SMILES string of the molecule is CNc1cc(F)c(F)c2c1[nH]c1ncc(-c3cnc4c(c3)c(=O)ccn4C)c(N3C[C@@H](F)C[C@H]3CN(C)C)c12. The first-order valence-corrected chi connectivity index (χ1v) is 12.7. The average Bonchev–Trinajstić information content (AvgIpc) is 3.47. The van der Waals surface area contributed by atoms with Gasteiger partial charge in [0.2, 0.25) is 0 Å². The van der Waals surface area contributed by atoms with Crippen LogP contribution in [0.25, 0.3) is 44.1 Å². The Kier molecular flexibility index (Phi) is 5.98. The minimum absolute atomic E-state index is 0.0364. The smallest absolute Gasteiger partial charge is 0.191 e.